The maximum absolute atomic E-state index is 12.5. The molecule has 0 unspecified atom stereocenters. The molecule has 0 saturated carbocycles. The average Bonchev–Trinajstić information content (AvgIpc) is 2.95. The van der Waals surface area contributed by atoms with Crippen LogP contribution in [0.15, 0.2) is 107 Å². The third-order valence-electron chi connectivity index (χ3n) is 5.61. The van der Waals surface area contributed by atoms with Crippen LogP contribution in [0.1, 0.15) is 20.7 Å². The van der Waals surface area contributed by atoms with Crippen LogP contribution in [0.25, 0.3) is 11.1 Å². The quantitative estimate of drug-likeness (QED) is 0.154. The molecule has 4 nitrogen and oxygen atoms in total. The van der Waals surface area contributed by atoms with Crippen molar-refractivity contribution in [1.82, 2.24) is 0 Å². The number of hydrogen-bond acceptors (Lipinski definition) is 6. The lowest BCUT2D eigenvalue weighted by atomic mass is 10.1. The van der Waals surface area contributed by atoms with Crippen LogP contribution in [0.2, 0.25) is 0 Å². The molecule has 36 heavy (non-hydrogen) atoms. The van der Waals surface area contributed by atoms with Gasteiger partial charge in [0.1, 0.15) is 11.5 Å². The fraction of sp³-hybridized carbons (Fsp3) is 0.133. The summed E-state index contributed by atoms with van der Waals surface area (Å²) < 4.78 is 10.3. The van der Waals surface area contributed by atoms with Gasteiger partial charge >= 0.3 is 0 Å². The first-order chi connectivity index (χ1) is 17.6. The molecule has 4 aromatic carbocycles. The summed E-state index contributed by atoms with van der Waals surface area (Å²) in [5.74, 6) is 2.42. The van der Waals surface area contributed by atoms with Gasteiger partial charge in [0.25, 0.3) is 0 Å². The van der Waals surface area contributed by atoms with Crippen LogP contribution in [-0.2, 0) is 0 Å². The van der Waals surface area contributed by atoms with E-state index < -0.39 is 0 Å². The minimum absolute atomic E-state index is 0.0882. The average molecular weight is 515 g/mol. The fourth-order valence-electron chi connectivity index (χ4n) is 3.51. The molecule has 0 aromatic heterocycles. The second kappa shape index (κ2) is 12.5. The van der Waals surface area contributed by atoms with Gasteiger partial charge in [-0.15, -0.1) is 23.5 Å². The Morgan fingerprint density at radius 1 is 0.528 bits per heavy atom. The highest BCUT2D eigenvalue weighted by Gasteiger charge is 2.09. The van der Waals surface area contributed by atoms with Crippen LogP contribution < -0.4 is 9.47 Å². The van der Waals surface area contributed by atoms with E-state index in [0.717, 1.165) is 32.4 Å². The maximum Gasteiger partial charge on any atom is 0.173 e. The first-order valence-electron chi connectivity index (χ1n) is 11.4. The maximum atomic E-state index is 12.5. The lowest BCUT2D eigenvalue weighted by molar-refractivity contribution is 0.101. The lowest BCUT2D eigenvalue weighted by Gasteiger charge is -2.07. The van der Waals surface area contributed by atoms with Gasteiger partial charge in [-0.2, -0.15) is 0 Å². The van der Waals surface area contributed by atoms with Crippen LogP contribution in [0.3, 0.4) is 0 Å². The Labute approximate surface area is 220 Å². The molecule has 0 spiro atoms. The number of benzene rings is 4. The van der Waals surface area contributed by atoms with Crippen molar-refractivity contribution in [2.45, 2.75) is 9.79 Å². The molecule has 0 N–H and O–H groups in total. The Kier molecular flexibility index (Phi) is 8.87. The second-order valence-corrected chi connectivity index (χ2v) is 10.0. The standard InChI is InChI=1S/C30H26O4S2/c1-33-25-11-3-23(4-12-25)29(31)19-35-27-15-7-21(8-16-27)22-9-17-28(18-10-22)36-20-30(32)24-5-13-26(34-2)14-6-24/h3-18H,19-20H2,1-2H3. The van der Waals surface area contributed by atoms with Gasteiger partial charge in [-0.25, -0.2) is 0 Å². The summed E-state index contributed by atoms with van der Waals surface area (Å²) in [7, 11) is 3.22. The third-order valence-corrected chi connectivity index (χ3v) is 7.63. The number of thioether (sulfide) groups is 2. The second-order valence-electron chi connectivity index (χ2n) is 7.93. The minimum atomic E-state index is 0.0882. The zero-order chi connectivity index (χ0) is 25.3. The smallest absolute Gasteiger partial charge is 0.173 e. The summed E-state index contributed by atoms with van der Waals surface area (Å²) >= 11 is 3.05. The molecule has 0 aliphatic heterocycles. The predicted molar refractivity (Wildman–Crippen MR) is 148 cm³/mol. The van der Waals surface area contributed by atoms with Crippen molar-refractivity contribution < 1.29 is 19.1 Å². The SMILES string of the molecule is COc1ccc(C(=O)CSc2ccc(-c3ccc(SCC(=O)c4ccc(OC)cc4)cc3)cc2)cc1. The Bertz CT molecular complexity index is 1190. The molecule has 0 radical (unpaired) electrons. The number of carbonyl (C=O) groups excluding carboxylic acids is 2. The van der Waals surface area contributed by atoms with E-state index in [0.29, 0.717) is 22.6 Å². The van der Waals surface area contributed by atoms with Gasteiger partial charge in [-0.3, -0.25) is 9.59 Å². The van der Waals surface area contributed by atoms with Crippen molar-refractivity contribution in [3.63, 3.8) is 0 Å². The van der Waals surface area contributed by atoms with Crippen LogP contribution in [-0.4, -0.2) is 37.3 Å². The summed E-state index contributed by atoms with van der Waals surface area (Å²) in [5.41, 5.74) is 3.57. The monoisotopic (exact) mass is 514 g/mol. The van der Waals surface area contributed by atoms with Gasteiger partial charge < -0.3 is 9.47 Å². The third kappa shape index (κ3) is 6.80. The molecule has 182 valence electrons. The van der Waals surface area contributed by atoms with E-state index in [2.05, 4.69) is 24.3 Å². The molecule has 6 heteroatoms. The highest BCUT2D eigenvalue weighted by molar-refractivity contribution is 8.00. The summed E-state index contributed by atoms with van der Waals surface area (Å²) in [6.45, 7) is 0. The van der Waals surface area contributed by atoms with Crippen molar-refractivity contribution in [2.75, 3.05) is 25.7 Å². The zero-order valence-corrected chi connectivity index (χ0v) is 21.7. The van der Waals surface area contributed by atoms with Crippen LogP contribution in [0.4, 0.5) is 0 Å². The van der Waals surface area contributed by atoms with E-state index in [4.69, 9.17) is 9.47 Å². The van der Waals surface area contributed by atoms with Crippen molar-refractivity contribution in [1.29, 1.82) is 0 Å². The van der Waals surface area contributed by atoms with E-state index in [9.17, 15) is 9.59 Å². The number of Topliss-reactive ketones (excluding diaryl/α,β-unsaturated/α-hetero) is 2. The summed E-state index contributed by atoms with van der Waals surface area (Å²) in [5, 5.41) is 0. The number of methoxy groups -OCH3 is 2. The predicted octanol–water partition coefficient (Wildman–Crippen LogP) is 7.32. The van der Waals surface area contributed by atoms with Crippen molar-refractivity contribution in [3.8, 4) is 22.6 Å². The van der Waals surface area contributed by atoms with Gasteiger partial charge in [-0.05, 0) is 83.9 Å². The zero-order valence-electron chi connectivity index (χ0n) is 20.1. The fourth-order valence-corrected chi connectivity index (χ4v) is 5.09. The lowest BCUT2D eigenvalue weighted by Crippen LogP contribution is -2.02. The molecule has 0 heterocycles. The highest BCUT2D eigenvalue weighted by Crippen LogP contribution is 2.28. The van der Waals surface area contributed by atoms with E-state index in [-0.39, 0.29) is 11.6 Å². The molecule has 4 rings (SSSR count). The largest absolute Gasteiger partial charge is 0.497 e. The number of carbonyl (C=O) groups is 2. The Hall–Kier alpha value is -3.48. The summed E-state index contributed by atoms with van der Waals surface area (Å²) in [6.07, 6.45) is 0. The number of rotatable bonds is 11. The Morgan fingerprint density at radius 2 is 0.861 bits per heavy atom. The normalized spacial score (nSPS) is 10.6. The number of hydrogen-bond donors (Lipinski definition) is 0. The molecule has 0 atom stereocenters. The Balaban J connectivity index is 1.28. The molecular weight excluding hydrogens is 488 g/mol. The highest BCUT2D eigenvalue weighted by atomic mass is 32.2. The van der Waals surface area contributed by atoms with Crippen LogP contribution in [0.5, 0.6) is 11.5 Å². The Morgan fingerprint density at radius 3 is 1.17 bits per heavy atom. The molecule has 4 aromatic rings. The van der Waals surface area contributed by atoms with Gasteiger partial charge in [0.15, 0.2) is 11.6 Å². The summed E-state index contributed by atoms with van der Waals surface area (Å²) in [4.78, 5) is 27.0. The molecule has 0 amide bonds. The number of ketones is 2. The van der Waals surface area contributed by atoms with E-state index in [1.54, 1.807) is 62.8 Å². The molecule has 0 saturated heterocycles. The molecular formula is C30H26O4S2. The van der Waals surface area contributed by atoms with Gasteiger partial charge in [0, 0.05) is 20.9 Å². The van der Waals surface area contributed by atoms with Crippen LogP contribution in [0, 0.1) is 0 Å². The molecule has 0 aliphatic carbocycles. The minimum Gasteiger partial charge on any atom is -0.497 e. The first kappa shape index (κ1) is 25.6. The topological polar surface area (TPSA) is 52.6 Å². The van der Waals surface area contributed by atoms with Gasteiger partial charge in [0.05, 0.1) is 25.7 Å². The van der Waals surface area contributed by atoms with Crippen molar-refractivity contribution in [3.05, 3.63) is 108 Å². The molecule has 0 aliphatic rings. The van der Waals surface area contributed by atoms with Crippen molar-refractivity contribution in [2.24, 2.45) is 0 Å². The first-order valence-corrected chi connectivity index (χ1v) is 13.3. The van der Waals surface area contributed by atoms with Crippen LogP contribution >= 0.6 is 23.5 Å². The summed E-state index contributed by atoms with van der Waals surface area (Å²) in [6, 6.07) is 30.8. The van der Waals surface area contributed by atoms with Gasteiger partial charge in [-0.1, -0.05) is 24.3 Å². The van der Waals surface area contributed by atoms with E-state index in [1.807, 2.05) is 24.3 Å². The molecule has 0 bridgehead atoms. The van der Waals surface area contributed by atoms with Gasteiger partial charge in [0.2, 0.25) is 0 Å². The van der Waals surface area contributed by atoms with E-state index >= 15 is 0 Å². The van der Waals surface area contributed by atoms with Crippen molar-refractivity contribution >= 4 is 35.1 Å². The number of ether oxygens (including phenoxy) is 2. The molecule has 0 fully saturated rings. The van der Waals surface area contributed by atoms with E-state index in [1.165, 1.54) is 23.5 Å².